The average Bonchev–Trinajstić information content (AvgIpc) is 2.08. The first-order valence-corrected chi connectivity index (χ1v) is 5.34. The maximum Gasteiger partial charge on any atom is 0.0604 e. The molecule has 1 heteroatoms. The molecule has 0 aliphatic carbocycles. The Balaban J connectivity index is 2.55. The lowest BCUT2D eigenvalue weighted by molar-refractivity contribution is -0.0979. The molecule has 0 bridgehead atoms. The first-order chi connectivity index (χ1) is 5.69. The van der Waals surface area contributed by atoms with Crippen LogP contribution in [0.25, 0.3) is 0 Å². The quantitative estimate of drug-likeness (QED) is 0.618. The first-order valence-electron chi connectivity index (χ1n) is 5.34. The lowest BCUT2D eigenvalue weighted by Gasteiger charge is -2.39. The normalized spacial score (nSPS) is 43.0. The third-order valence-electron chi connectivity index (χ3n) is 3.30. The summed E-state index contributed by atoms with van der Waals surface area (Å²) in [6.07, 6.45) is 4.73. The smallest absolute Gasteiger partial charge is 0.0604 e. The Morgan fingerprint density at radius 1 is 1.17 bits per heavy atom. The van der Waals surface area contributed by atoms with Crippen molar-refractivity contribution in [3.8, 4) is 0 Å². The predicted molar refractivity (Wildman–Crippen MR) is 52.2 cm³/mol. The molecule has 1 saturated heterocycles. The molecule has 0 saturated carbocycles. The van der Waals surface area contributed by atoms with Crippen LogP contribution in [0, 0.1) is 11.8 Å². The molecule has 4 atom stereocenters. The summed E-state index contributed by atoms with van der Waals surface area (Å²) < 4.78 is 5.88. The van der Waals surface area contributed by atoms with Crippen LogP contribution in [-0.2, 0) is 4.74 Å². The van der Waals surface area contributed by atoms with Crippen LogP contribution in [0.3, 0.4) is 0 Å². The van der Waals surface area contributed by atoms with Gasteiger partial charge in [0.15, 0.2) is 0 Å². The van der Waals surface area contributed by atoms with Crippen molar-refractivity contribution in [3.05, 3.63) is 0 Å². The van der Waals surface area contributed by atoms with Crippen LogP contribution in [0.1, 0.15) is 47.0 Å². The van der Waals surface area contributed by atoms with Crippen molar-refractivity contribution < 1.29 is 4.74 Å². The summed E-state index contributed by atoms with van der Waals surface area (Å²) in [5.41, 5.74) is 0. The molecule has 0 aromatic rings. The topological polar surface area (TPSA) is 9.23 Å². The fourth-order valence-electron chi connectivity index (χ4n) is 2.43. The van der Waals surface area contributed by atoms with Crippen LogP contribution in [-0.4, -0.2) is 12.2 Å². The Hall–Kier alpha value is -0.0400. The van der Waals surface area contributed by atoms with E-state index in [0.29, 0.717) is 12.2 Å². The van der Waals surface area contributed by atoms with Gasteiger partial charge in [-0.2, -0.15) is 0 Å². The summed E-state index contributed by atoms with van der Waals surface area (Å²) in [6, 6.07) is 0. The van der Waals surface area contributed by atoms with Gasteiger partial charge in [-0.25, -0.2) is 0 Å². The van der Waals surface area contributed by atoms with Gasteiger partial charge in [-0.1, -0.05) is 27.2 Å². The van der Waals surface area contributed by atoms with Crippen LogP contribution < -0.4 is 0 Å². The van der Waals surface area contributed by atoms with Crippen LogP contribution >= 0.6 is 0 Å². The molecule has 0 amide bonds. The Labute approximate surface area is 76.5 Å². The summed E-state index contributed by atoms with van der Waals surface area (Å²) in [4.78, 5) is 0. The minimum atomic E-state index is 0.482. The second-order valence-electron chi connectivity index (χ2n) is 4.16. The van der Waals surface area contributed by atoms with Crippen molar-refractivity contribution in [1.82, 2.24) is 0 Å². The number of hydrogen-bond acceptors (Lipinski definition) is 1. The molecule has 1 nitrogen and oxygen atoms in total. The highest BCUT2D eigenvalue weighted by atomic mass is 16.5. The van der Waals surface area contributed by atoms with Gasteiger partial charge in [0.25, 0.3) is 0 Å². The van der Waals surface area contributed by atoms with E-state index in [1.54, 1.807) is 0 Å². The van der Waals surface area contributed by atoms with E-state index >= 15 is 0 Å². The Bertz CT molecular complexity index is 119. The van der Waals surface area contributed by atoms with Crippen LogP contribution in [0.4, 0.5) is 0 Å². The van der Waals surface area contributed by atoms with Gasteiger partial charge in [-0.05, 0) is 31.6 Å². The number of hydrogen-bond donors (Lipinski definition) is 0. The zero-order chi connectivity index (χ0) is 9.14. The van der Waals surface area contributed by atoms with Gasteiger partial charge in [0.1, 0.15) is 0 Å². The molecule has 4 unspecified atom stereocenters. The Kier molecular flexibility index (Phi) is 3.57. The highest BCUT2D eigenvalue weighted by Crippen LogP contribution is 2.33. The predicted octanol–water partition coefficient (Wildman–Crippen LogP) is 3.24. The molecule has 0 aromatic heterocycles. The molecule has 0 aromatic carbocycles. The van der Waals surface area contributed by atoms with E-state index in [9.17, 15) is 0 Å². The summed E-state index contributed by atoms with van der Waals surface area (Å²) in [6.45, 7) is 9.07. The lowest BCUT2D eigenvalue weighted by atomic mass is 9.80. The summed E-state index contributed by atoms with van der Waals surface area (Å²) in [5.74, 6) is 1.65. The van der Waals surface area contributed by atoms with Crippen molar-refractivity contribution in [2.45, 2.75) is 59.2 Å². The van der Waals surface area contributed by atoms with Crippen molar-refractivity contribution in [1.29, 1.82) is 0 Å². The fourth-order valence-corrected chi connectivity index (χ4v) is 2.43. The molecule has 12 heavy (non-hydrogen) atoms. The van der Waals surface area contributed by atoms with Crippen LogP contribution in [0.5, 0.6) is 0 Å². The minimum absolute atomic E-state index is 0.482. The Morgan fingerprint density at radius 3 is 2.33 bits per heavy atom. The second-order valence-corrected chi connectivity index (χ2v) is 4.16. The van der Waals surface area contributed by atoms with E-state index < -0.39 is 0 Å². The molecule has 1 fully saturated rings. The van der Waals surface area contributed by atoms with Gasteiger partial charge in [-0.3, -0.25) is 0 Å². The summed E-state index contributed by atoms with van der Waals surface area (Å²) in [7, 11) is 0. The molecule has 1 aliphatic rings. The van der Waals surface area contributed by atoms with Crippen LogP contribution in [0.15, 0.2) is 0 Å². The minimum Gasteiger partial charge on any atom is -0.375 e. The van der Waals surface area contributed by atoms with Crippen molar-refractivity contribution in [2.24, 2.45) is 11.8 Å². The molecule has 0 N–H and O–H groups in total. The summed E-state index contributed by atoms with van der Waals surface area (Å²) >= 11 is 0. The summed E-state index contributed by atoms with van der Waals surface area (Å²) in [5, 5.41) is 0. The number of ether oxygens (including phenoxy) is 1. The van der Waals surface area contributed by atoms with E-state index in [1.807, 2.05) is 0 Å². The first kappa shape index (κ1) is 10.0. The van der Waals surface area contributed by atoms with E-state index in [4.69, 9.17) is 4.74 Å². The van der Waals surface area contributed by atoms with E-state index in [1.165, 1.54) is 19.3 Å². The van der Waals surface area contributed by atoms with Gasteiger partial charge in [-0.15, -0.1) is 0 Å². The zero-order valence-corrected chi connectivity index (χ0v) is 8.84. The van der Waals surface area contributed by atoms with Crippen LogP contribution in [0.2, 0.25) is 0 Å². The lowest BCUT2D eigenvalue weighted by Crippen LogP contribution is -2.38. The standard InChI is InChI=1S/C11H22O/c1-5-10-7-8(3)12-11(6-2)9(10)4/h8-11H,5-7H2,1-4H3. The zero-order valence-electron chi connectivity index (χ0n) is 8.84. The molecule has 0 radical (unpaired) electrons. The van der Waals surface area contributed by atoms with Gasteiger partial charge in [0.2, 0.25) is 0 Å². The third kappa shape index (κ3) is 2.01. The van der Waals surface area contributed by atoms with Gasteiger partial charge in [0.05, 0.1) is 12.2 Å². The third-order valence-corrected chi connectivity index (χ3v) is 3.30. The van der Waals surface area contributed by atoms with Crippen molar-refractivity contribution in [2.75, 3.05) is 0 Å². The SMILES string of the molecule is CCC1CC(C)OC(CC)C1C. The monoisotopic (exact) mass is 170 g/mol. The second kappa shape index (κ2) is 4.27. The molecule has 1 aliphatic heterocycles. The fraction of sp³-hybridized carbons (Fsp3) is 1.00. The van der Waals surface area contributed by atoms with Crippen molar-refractivity contribution in [3.63, 3.8) is 0 Å². The van der Waals surface area contributed by atoms with Gasteiger partial charge in [0, 0.05) is 0 Å². The van der Waals surface area contributed by atoms with Gasteiger partial charge < -0.3 is 4.74 Å². The average molecular weight is 170 g/mol. The highest BCUT2D eigenvalue weighted by Gasteiger charge is 2.31. The molecule has 72 valence electrons. The molecule has 0 spiro atoms. The Morgan fingerprint density at radius 2 is 1.83 bits per heavy atom. The molecular formula is C11H22O. The van der Waals surface area contributed by atoms with E-state index in [2.05, 4.69) is 27.7 Å². The highest BCUT2D eigenvalue weighted by molar-refractivity contribution is 4.80. The molecule has 1 rings (SSSR count). The largest absolute Gasteiger partial charge is 0.375 e. The maximum absolute atomic E-state index is 5.88. The molecule has 1 heterocycles. The van der Waals surface area contributed by atoms with Crippen molar-refractivity contribution >= 4 is 0 Å². The van der Waals surface area contributed by atoms with E-state index in [-0.39, 0.29) is 0 Å². The molecular weight excluding hydrogens is 148 g/mol. The van der Waals surface area contributed by atoms with E-state index in [0.717, 1.165) is 11.8 Å². The van der Waals surface area contributed by atoms with Gasteiger partial charge >= 0.3 is 0 Å². The number of rotatable bonds is 2. The maximum atomic E-state index is 5.88.